The summed E-state index contributed by atoms with van der Waals surface area (Å²) in [7, 11) is 0. The third-order valence-corrected chi connectivity index (χ3v) is 3.47. The second kappa shape index (κ2) is 5.53. The van der Waals surface area contributed by atoms with E-state index in [1.807, 2.05) is 24.3 Å². The average Bonchev–Trinajstić information content (AvgIpc) is 2.32. The Morgan fingerprint density at radius 2 is 1.89 bits per heavy atom. The number of rotatable bonds is 3. The summed E-state index contributed by atoms with van der Waals surface area (Å²) in [6.45, 7) is 0. The SMILES string of the molecule is O=[N+]([O-])c1ccc(Cl)cc1Nc1ccccc1I. The van der Waals surface area contributed by atoms with Gasteiger partial charge in [-0.25, -0.2) is 0 Å². The molecule has 2 aromatic carbocycles. The Kier molecular flexibility index (Phi) is 4.03. The minimum atomic E-state index is -0.436. The highest BCUT2D eigenvalue weighted by Gasteiger charge is 2.14. The van der Waals surface area contributed by atoms with E-state index in [1.165, 1.54) is 12.1 Å². The molecule has 0 unspecified atom stereocenters. The van der Waals surface area contributed by atoms with Gasteiger partial charge in [-0.3, -0.25) is 10.1 Å². The zero-order valence-corrected chi connectivity index (χ0v) is 12.0. The van der Waals surface area contributed by atoms with Gasteiger partial charge in [-0.1, -0.05) is 23.7 Å². The summed E-state index contributed by atoms with van der Waals surface area (Å²) < 4.78 is 0.976. The van der Waals surface area contributed by atoms with Crippen LogP contribution in [0.5, 0.6) is 0 Å². The van der Waals surface area contributed by atoms with Crippen molar-refractivity contribution in [1.82, 2.24) is 0 Å². The first-order valence-electron chi connectivity index (χ1n) is 5.03. The summed E-state index contributed by atoms with van der Waals surface area (Å²) in [6, 6.07) is 12.0. The first-order valence-corrected chi connectivity index (χ1v) is 6.49. The lowest BCUT2D eigenvalue weighted by molar-refractivity contribution is -0.383. The van der Waals surface area contributed by atoms with Gasteiger partial charge >= 0.3 is 0 Å². The van der Waals surface area contributed by atoms with Gasteiger partial charge in [0.2, 0.25) is 0 Å². The predicted octanol–water partition coefficient (Wildman–Crippen LogP) is 4.60. The van der Waals surface area contributed by atoms with Crippen molar-refractivity contribution in [2.24, 2.45) is 0 Å². The number of para-hydroxylation sites is 1. The van der Waals surface area contributed by atoms with Crippen LogP contribution in [-0.4, -0.2) is 4.92 Å². The van der Waals surface area contributed by atoms with Crippen molar-refractivity contribution in [2.45, 2.75) is 0 Å². The highest BCUT2D eigenvalue weighted by atomic mass is 127. The van der Waals surface area contributed by atoms with Gasteiger partial charge in [0.1, 0.15) is 5.69 Å². The first kappa shape index (κ1) is 13.1. The predicted molar refractivity (Wildman–Crippen MR) is 80.5 cm³/mol. The van der Waals surface area contributed by atoms with Crippen LogP contribution >= 0.6 is 34.2 Å². The van der Waals surface area contributed by atoms with E-state index in [-0.39, 0.29) is 5.69 Å². The van der Waals surface area contributed by atoms with Crippen LogP contribution in [0.1, 0.15) is 0 Å². The normalized spacial score (nSPS) is 10.1. The molecule has 0 aliphatic rings. The molecular formula is C12H8ClIN2O2. The molecule has 0 aliphatic carbocycles. The number of nitrogens with one attached hydrogen (secondary N) is 1. The van der Waals surface area contributed by atoms with Crippen molar-refractivity contribution in [1.29, 1.82) is 0 Å². The maximum Gasteiger partial charge on any atom is 0.292 e. The van der Waals surface area contributed by atoms with Gasteiger partial charge in [-0.2, -0.15) is 0 Å². The van der Waals surface area contributed by atoms with Crippen molar-refractivity contribution in [3.8, 4) is 0 Å². The van der Waals surface area contributed by atoms with Crippen molar-refractivity contribution in [2.75, 3.05) is 5.32 Å². The fourth-order valence-corrected chi connectivity index (χ4v) is 2.17. The van der Waals surface area contributed by atoms with Gasteiger partial charge in [0.25, 0.3) is 5.69 Å². The molecule has 0 atom stereocenters. The third-order valence-electron chi connectivity index (χ3n) is 2.30. The van der Waals surface area contributed by atoms with Crippen LogP contribution in [0, 0.1) is 13.7 Å². The molecule has 0 aliphatic heterocycles. The largest absolute Gasteiger partial charge is 0.349 e. The lowest BCUT2D eigenvalue weighted by atomic mass is 10.2. The number of nitro benzene ring substituents is 1. The highest BCUT2D eigenvalue weighted by Crippen LogP contribution is 2.31. The molecule has 0 fully saturated rings. The Labute approximate surface area is 122 Å². The molecular weight excluding hydrogens is 367 g/mol. The molecule has 0 amide bonds. The van der Waals surface area contributed by atoms with Gasteiger partial charge in [0.15, 0.2) is 0 Å². The first-order chi connectivity index (χ1) is 8.58. The quantitative estimate of drug-likeness (QED) is 0.485. The number of hydrogen-bond acceptors (Lipinski definition) is 3. The monoisotopic (exact) mass is 374 g/mol. The van der Waals surface area contributed by atoms with E-state index >= 15 is 0 Å². The highest BCUT2D eigenvalue weighted by molar-refractivity contribution is 14.1. The van der Waals surface area contributed by atoms with E-state index in [9.17, 15) is 10.1 Å². The van der Waals surface area contributed by atoms with Gasteiger partial charge in [-0.15, -0.1) is 0 Å². The minimum absolute atomic E-state index is 0.000877. The number of hydrogen-bond donors (Lipinski definition) is 1. The molecule has 0 bridgehead atoms. The average molecular weight is 375 g/mol. The molecule has 0 heterocycles. The Morgan fingerprint density at radius 1 is 1.17 bits per heavy atom. The Balaban J connectivity index is 2.42. The summed E-state index contributed by atoms with van der Waals surface area (Å²) in [6.07, 6.45) is 0. The van der Waals surface area contributed by atoms with E-state index in [0.717, 1.165) is 9.26 Å². The number of nitrogens with zero attached hydrogens (tertiary/aromatic N) is 1. The number of benzene rings is 2. The fourth-order valence-electron chi connectivity index (χ4n) is 1.48. The zero-order valence-electron chi connectivity index (χ0n) is 9.06. The van der Waals surface area contributed by atoms with Crippen LogP contribution in [0.2, 0.25) is 5.02 Å². The maximum absolute atomic E-state index is 10.9. The third kappa shape index (κ3) is 2.91. The molecule has 0 radical (unpaired) electrons. The van der Waals surface area contributed by atoms with Crippen molar-refractivity contribution >= 4 is 51.3 Å². The summed E-state index contributed by atoms with van der Waals surface area (Å²) in [4.78, 5) is 10.5. The van der Waals surface area contributed by atoms with Gasteiger partial charge in [0, 0.05) is 14.7 Å². The van der Waals surface area contributed by atoms with Crippen LogP contribution < -0.4 is 5.32 Å². The molecule has 0 aromatic heterocycles. The second-order valence-electron chi connectivity index (χ2n) is 3.52. The topological polar surface area (TPSA) is 55.2 Å². The lowest BCUT2D eigenvalue weighted by Gasteiger charge is -2.09. The molecule has 0 spiro atoms. The Bertz CT molecular complexity index is 604. The van der Waals surface area contributed by atoms with Crippen LogP contribution in [0.25, 0.3) is 0 Å². The van der Waals surface area contributed by atoms with E-state index in [0.29, 0.717) is 10.7 Å². The molecule has 18 heavy (non-hydrogen) atoms. The molecule has 6 heteroatoms. The molecule has 0 saturated heterocycles. The number of anilines is 2. The van der Waals surface area contributed by atoms with Crippen LogP contribution in [0.4, 0.5) is 17.1 Å². The smallest absolute Gasteiger partial charge is 0.292 e. The summed E-state index contributed by atoms with van der Waals surface area (Å²) >= 11 is 8.02. The van der Waals surface area contributed by atoms with Gasteiger partial charge in [0.05, 0.1) is 10.6 Å². The van der Waals surface area contributed by atoms with E-state index < -0.39 is 4.92 Å². The Hall–Kier alpha value is -1.34. The van der Waals surface area contributed by atoms with Gasteiger partial charge in [-0.05, 0) is 46.9 Å². The van der Waals surface area contributed by atoms with Crippen molar-refractivity contribution in [3.05, 3.63) is 61.2 Å². The van der Waals surface area contributed by atoms with E-state index in [4.69, 9.17) is 11.6 Å². The molecule has 0 saturated carbocycles. The van der Waals surface area contributed by atoms with E-state index in [1.54, 1.807) is 6.07 Å². The second-order valence-corrected chi connectivity index (χ2v) is 5.12. The van der Waals surface area contributed by atoms with Crippen molar-refractivity contribution in [3.63, 3.8) is 0 Å². The lowest BCUT2D eigenvalue weighted by Crippen LogP contribution is -1.98. The van der Waals surface area contributed by atoms with E-state index in [2.05, 4.69) is 27.9 Å². The Morgan fingerprint density at radius 3 is 2.56 bits per heavy atom. The summed E-state index contributed by atoms with van der Waals surface area (Å²) in [5.74, 6) is 0. The number of nitro groups is 1. The van der Waals surface area contributed by atoms with Crippen LogP contribution in [0.15, 0.2) is 42.5 Å². The van der Waals surface area contributed by atoms with Crippen LogP contribution in [-0.2, 0) is 0 Å². The molecule has 92 valence electrons. The van der Waals surface area contributed by atoms with Crippen LogP contribution in [0.3, 0.4) is 0 Å². The minimum Gasteiger partial charge on any atom is -0.349 e. The fraction of sp³-hybridized carbons (Fsp3) is 0. The number of halogens is 2. The van der Waals surface area contributed by atoms with Gasteiger partial charge < -0.3 is 5.32 Å². The van der Waals surface area contributed by atoms with Crippen molar-refractivity contribution < 1.29 is 4.92 Å². The molecule has 2 aromatic rings. The standard InChI is InChI=1S/C12H8ClIN2O2/c13-8-5-6-12(16(17)18)11(7-8)15-10-4-2-1-3-9(10)14/h1-7,15H. The zero-order chi connectivity index (χ0) is 13.1. The molecule has 2 rings (SSSR count). The summed E-state index contributed by atoms with van der Waals surface area (Å²) in [5, 5.41) is 14.4. The molecule has 4 nitrogen and oxygen atoms in total. The molecule has 1 N–H and O–H groups in total. The maximum atomic E-state index is 10.9. The summed E-state index contributed by atoms with van der Waals surface area (Å²) in [5.41, 5.74) is 1.19.